The van der Waals surface area contributed by atoms with E-state index in [2.05, 4.69) is 4.90 Å². The maximum Gasteiger partial charge on any atom is 0.269 e. The van der Waals surface area contributed by atoms with Gasteiger partial charge in [-0.25, -0.2) is 4.39 Å². The Morgan fingerprint density at radius 1 is 1.14 bits per heavy atom. The SMILES string of the molecule is O=[N+]([O-])c1cccc(CN(Cc2ccccc2F)C2CC2)c1. The molecule has 1 saturated carbocycles. The molecule has 0 radical (unpaired) electrons. The van der Waals surface area contributed by atoms with Crippen LogP contribution < -0.4 is 0 Å². The van der Waals surface area contributed by atoms with Crippen molar-refractivity contribution < 1.29 is 9.31 Å². The van der Waals surface area contributed by atoms with Crippen LogP contribution in [0.25, 0.3) is 0 Å². The number of nitro groups is 1. The van der Waals surface area contributed by atoms with E-state index >= 15 is 0 Å². The number of hydrogen-bond acceptors (Lipinski definition) is 3. The van der Waals surface area contributed by atoms with E-state index in [0.29, 0.717) is 24.7 Å². The van der Waals surface area contributed by atoms with Gasteiger partial charge in [0, 0.05) is 36.8 Å². The molecule has 1 fully saturated rings. The molecule has 114 valence electrons. The van der Waals surface area contributed by atoms with E-state index in [1.54, 1.807) is 24.3 Å². The first kappa shape index (κ1) is 14.7. The monoisotopic (exact) mass is 300 g/mol. The van der Waals surface area contributed by atoms with Crippen LogP contribution in [0.15, 0.2) is 48.5 Å². The Bertz CT molecular complexity index is 686. The van der Waals surface area contributed by atoms with Gasteiger partial charge in [0.05, 0.1) is 4.92 Å². The van der Waals surface area contributed by atoms with E-state index in [-0.39, 0.29) is 16.4 Å². The van der Waals surface area contributed by atoms with Gasteiger partial charge >= 0.3 is 0 Å². The average Bonchev–Trinajstić information content (AvgIpc) is 3.34. The Morgan fingerprint density at radius 2 is 1.91 bits per heavy atom. The van der Waals surface area contributed by atoms with Gasteiger partial charge in [0.1, 0.15) is 5.82 Å². The van der Waals surface area contributed by atoms with E-state index < -0.39 is 0 Å². The zero-order chi connectivity index (χ0) is 15.5. The molecule has 0 aliphatic heterocycles. The molecule has 0 saturated heterocycles. The number of hydrogen-bond donors (Lipinski definition) is 0. The van der Waals surface area contributed by atoms with Crippen LogP contribution in [0, 0.1) is 15.9 Å². The predicted molar refractivity (Wildman–Crippen MR) is 81.8 cm³/mol. The third kappa shape index (κ3) is 3.49. The molecule has 2 aromatic rings. The molecule has 0 unspecified atom stereocenters. The first-order chi connectivity index (χ1) is 10.6. The third-order valence-electron chi connectivity index (χ3n) is 3.90. The van der Waals surface area contributed by atoms with Crippen LogP contribution in [0.2, 0.25) is 0 Å². The first-order valence-electron chi connectivity index (χ1n) is 7.34. The lowest BCUT2D eigenvalue weighted by molar-refractivity contribution is -0.384. The van der Waals surface area contributed by atoms with E-state index in [0.717, 1.165) is 18.4 Å². The molecule has 0 atom stereocenters. The first-order valence-corrected chi connectivity index (χ1v) is 7.34. The number of nitro benzene ring substituents is 1. The summed E-state index contributed by atoms with van der Waals surface area (Å²) in [5, 5.41) is 10.9. The van der Waals surface area contributed by atoms with Gasteiger partial charge in [0.2, 0.25) is 0 Å². The van der Waals surface area contributed by atoms with Crippen molar-refractivity contribution in [3.63, 3.8) is 0 Å². The molecular weight excluding hydrogens is 283 g/mol. The molecule has 1 aliphatic carbocycles. The molecule has 0 heterocycles. The summed E-state index contributed by atoms with van der Waals surface area (Å²) in [6.45, 7) is 1.13. The summed E-state index contributed by atoms with van der Waals surface area (Å²) in [5.74, 6) is -0.202. The van der Waals surface area contributed by atoms with Crippen LogP contribution in [0.3, 0.4) is 0 Å². The van der Waals surface area contributed by atoms with E-state index in [1.165, 1.54) is 12.1 Å². The summed E-state index contributed by atoms with van der Waals surface area (Å²) in [6, 6.07) is 13.9. The second-order valence-electron chi connectivity index (χ2n) is 5.65. The van der Waals surface area contributed by atoms with Crippen LogP contribution >= 0.6 is 0 Å². The molecule has 0 N–H and O–H groups in total. The van der Waals surface area contributed by atoms with Gasteiger partial charge in [-0.15, -0.1) is 0 Å². The predicted octanol–water partition coefficient (Wildman–Crippen LogP) is 3.90. The average molecular weight is 300 g/mol. The summed E-state index contributed by atoms with van der Waals surface area (Å²) < 4.78 is 13.8. The topological polar surface area (TPSA) is 46.4 Å². The number of rotatable bonds is 6. The standard InChI is InChI=1S/C17H17FN2O2/c18-17-7-2-1-5-14(17)12-19(15-8-9-15)11-13-4-3-6-16(10-13)20(21)22/h1-7,10,15H,8-9,11-12H2. The second kappa shape index (κ2) is 6.23. The normalized spacial score (nSPS) is 14.3. The van der Waals surface area contributed by atoms with Crippen molar-refractivity contribution >= 4 is 5.69 Å². The van der Waals surface area contributed by atoms with Gasteiger partial charge in [0.15, 0.2) is 0 Å². The van der Waals surface area contributed by atoms with E-state index in [9.17, 15) is 14.5 Å². The molecule has 1 aliphatic rings. The van der Waals surface area contributed by atoms with Crippen molar-refractivity contribution in [3.8, 4) is 0 Å². The lowest BCUT2D eigenvalue weighted by Gasteiger charge is -2.22. The Kier molecular flexibility index (Phi) is 4.15. The molecule has 4 nitrogen and oxygen atoms in total. The van der Waals surface area contributed by atoms with Gasteiger partial charge in [-0.2, -0.15) is 0 Å². The fraction of sp³-hybridized carbons (Fsp3) is 0.294. The Labute approximate surface area is 128 Å². The molecular formula is C17H17FN2O2. The molecule has 0 amide bonds. The maximum atomic E-state index is 13.8. The van der Waals surface area contributed by atoms with Crippen molar-refractivity contribution in [1.29, 1.82) is 0 Å². The van der Waals surface area contributed by atoms with Gasteiger partial charge < -0.3 is 0 Å². The third-order valence-corrected chi connectivity index (χ3v) is 3.90. The highest BCUT2D eigenvalue weighted by Crippen LogP contribution is 2.30. The quantitative estimate of drug-likeness (QED) is 0.600. The van der Waals surface area contributed by atoms with Crippen molar-refractivity contribution in [3.05, 3.63) is 75.6 Å². The molecule has 2 aromatic carbocycles. The summed E-state index contributed by atoms with van der Waals surface area (Å²) in [5.41, 5.74) is 1.65. The number of nitrogens with zero attached hydrogens (tertiary/aromatic N) is 2. The van der Waals surface area contributed by atoms with Crippen molar-refractivity contribution in [2.45, 2.75) is 32.0 Å². The molecule has 5 heteroatoms. The highest BCUT2D eigenvalue weighted by molar-refractivity contribution is 5.34. The van der Waals surface area contributed by atoms with Gasteiger partial charge in [-0.05, 0) is 24.5 Å². The van der Waals surface area contributed by atoms with Crippen LogP contribution in [0.4, 0.5) is 10.1 Å². The summed E-state index contributed by atoms with van der Waals surface area (Å²) in [7, 11) is 0. The van der Waals surface area contributed by atoms with Gasteiger partial charge in [-0.3, -0.25) is 15.0 Å². The van der Waals surface area contributed by atoms with Crippen LogP contribution in [0.5, 0.6) is 0 Å². The smallest absolute Gasteiger partial charge is 0.269 e. The number of non-ortho nitro benzene ring substituents is 1. The van der Waals surface area contributed by atoms with Crippen molar-refractivity contribution in [1.82, 2.24) is 4.90 Å². The fourth-order valence-electron chi connectivity index (χ4n) is 2.60. The van der Waals surface area contributed by atoms with Crippen molar-refractivity contribution in [2.75, 3.05) is 0 Å². The van der Waals surface area contributed by atoms with Crippen molar-refractivity contribution in [2.24, 2.45) is 0 Å². The highest BCUT2D eigenvalue weighted by atomic mass is 19.1. The number of halogens is 1. The van der Waals surface area contributed by atoms with Gasteiger partial charge in [-0.1, -0.05) is 30.3 Å². The molecule has 22 heavy (non-hydrogen) atoms. The van der Waals surface area contributed by atoms with E-state index in [4.69, 9.17) is 0 Å². The fourth-order valence-corrected chi connectivity index (χ4v) is 2.60. The van der Waals surface area contributed by atoms with Crippen LogP contribution in [-0.2, 0) is 13.1 Å². The zero-order valence-electron chi connectivity index (χ0n) is 12.1. The number of benzene rings is 2. The zero-order valence-corrected chi connectivity index (χ0v) is 12.1. The second-order valence-corrected chi connectivity index (χ2v) is 5.65. The maximum absolute atomic E-state index is 13.8. The summed E-state index contributed by atoms with van der Waals surface area (Å²) >= 11 is 0. The van der Waals surface area contributed by atoms with E-state index in [1.807, 2.05) is 12.1 Å². The Hall–Kier alpha value is -2.27. The lowest BCUT2D eigenvalue weighted by Crippen LogP contribution is -2.25. The van der Waals surface area contributed by atoms with Crippen LogP contribution in [-0.4, -0.2) is 15.9 Å². The Morgan fingerprint density at radius 3 is 2.59 bits per heavy atom. The molecule has 3 rings (SSSR count). The van der Waals surface area contributed by atoms with Crippen LogP contribution in [0.1, 0.15) is 24.0 Å². The minimum Gasteiger partial charge on any atom is -0.292 e. The Balaban J connectivity index is 1.76. The minimum absolute atomic E-state index is 0.0964. The summed E-state index contributed by atoms with van der Waals surface area (Å²) in [6.07, 6.45) is 2.20. The summed E-state index contributed by atoms with van der Waals surface area (Å²) in [4.78, 5) is 12.7. The van der Waals surface area contributed by atoms with Gasteiger partial charge in [0.25, 0.3) is 5.69 Å². The largest absolute Gasteiger partial charge is 0.292 e. The lowest BCUT2D eigenvalue weighted by atomic mass is 10.1. The highest BCUT2D eigenvalue weighted by Gasteiger charge is 2.29. The molecule has 0 aromatic heterocycles. The molecule has 0 bridgehead atoms. The molecule has 0 spiro atoms. The minimum atomic E-state index is -0.387.